The van der Waals surface area contributed by atoms with Crippen LogP contribution in [-0.4, -0.2) is 16.1 Å². The van der Waals surface area contributed by atoms with Crippen molar-refractivity contribution in [2.75, 3.05) is 5.32 Å². The summed E-state index contributed by atoms with van der Waals surface area (Å²) in [5.74, 6) is -1.17. The lowest BCUT2D eigenvalue weighted by molar-refractivity contribution is 0.0690. The normalized spacial score (nSPS) is 10.1. The Morgan fingerprint density at radius 2 is 2.11 bits per heavy atom. The fourth-order valence-corrected chi connectivity index (χ4v) is 1.70. The number of nitrogens with one attached hydrogen (secondary N) is 1. The van der Waals surface area contributed by atoms with Gasteiger partial charge in [-0.3, -0.25) is 0 Å². The number of pyridine rings is 1. The van der Waals surface area contributed by atoms with Crippen LogP contribution in [0.25, 0.3) is 0 Å². The number of carbonyl (C=O) groups is 1. The molecule has 0 amide bonds. The zero-order valence-corrected chi connectivity index (χ0v) is 10.6. The molecular weight excluding hydrogens is 303 g/mol. The topological polar surface area (TPSA) is 62.2 Å². The number of hydrogen-bond donors (Lipinski definition) is 2. The van der Waals surface area contributed by atoms with Gasteiger partial charge < -0.3 is 10.4 Å². The third-order valence-electron chi connectivity index (χ3n) is 2.16. The van der Waals surface area contributed by atoms with E-state index in [-0.39, 0.29) is 5.69 Å². The van der Waals surface area contributed by atoms with Crippen LogP contribution in [0.15, 0.2) is 40.9 Å². The largest absolute Gasteiger partial charge is 0.477 e. The monoisotopic (exact) mass is 310 g/mol. The van der Waals surface area contributed by atoms with Crippen LogP contribution in [0, 0.1) is 5.82 Å². The van der Waals surface area contributed by atoms with Crippen LogP contribution < -0.4 is 5.32 Å². The van der Waals surface area contributed by atoms with Crippen LogP contribution in [-0.2, 0) is 0 Å². The van der Waals surface area contributed by atoms with Gasteiger partial charge in [0.15, 0.2) is 5.69 Å². The van der Waals surface area contributed by atoms with Crippen LogP contribution in [0.3, 0.4) is 0 Å². The maximum atomic E-state index is 13.1. The molecule has 1 heterocycles. The summed E-state index contributed by atoms with van der Waals surface area (Å²) >= 11 is 3.26. The van der Waals surface area contributed by atoms with Crippen molar-refractivity contribution in [3.8, 4) is 0 Å². The Kier molecular flexibility index (Phi) is 3.57. The Labute approximate surface area is 111 Å². The number of rotatable bonds is 3. The molecule has 0 saturated heterocycles. The number of halogens is 2. The van der Waals surface area contributed by atoms with E-state index in [1.807, 2.05) is 0 Å². The van der Waals surface area contributed by atoms with Crippen LogP contribution in [0.5, 0.6) is 0 Å². The van der Waals surface area contributed by atoms with Gasteiger partial charge in [-0.25, -0.2) is 14.2 Å². The molecule has 0 fully saturated rings. The second-order valence-electron chi connectivity index (χ2n) is 3.46. The molecule has 2 aromatic rings. The number of nitrogens with zero attached hydrogens (tertiary/aromatic N) is 1. The Hall–Kier alpha value is -1.95. The highest BCUT2D eigenvalue weighted by atomic mass is 79.9. The standard InChI is InChI=1S/C12H8BrFN2O2/c13-8-5-4-7(14)6-10(8)16-11-3-1-2-9(15-11)12(17)18/h1-6H,(H,15,16)(H,17,18). The van der Waals surface area contributed by atoms with Gasteiger partial charge in [-0.2, -0.15) is 0 Å². The smallest absolute Gasteiger partial charge is 0.354 e. The molecule has 4 nitrogen and oxygen atoms in total. The molecule has 92 valence electrons. The number of anilines is 2. The van der Waals surface area contributed by atoms with Gasteiger partial charge in [0, 0.05) is 4.47 Å². The highest BCUT2D eigenvalue weighted by Gasteiger charge is 2.07. The number of carboxylic acid groups (broad SMARTS) is 1. The fraction of sp³-hybridized carbons (Fsp3) is 0. The van der Waals surface area contributed by atoms with Crippen molar-refractivity contribution in [3.05, 3.63) is 52.4 Å². The van der Waals surface area contributed by atoms with Gasteiger partial charge in [0.1, 0.15) is 11.6 Å². The minimum absolute atomic E-state index is 0.0764. The summed E-state index contributed by atoms with van der Waals surface area (Å²) in [6.07, 6.45) is 0. The predicted octanol–water partition coefficient (Wildman–Crippen LogP) is 3.43. The molecule has 0 atom stereocenters. The fourth-order valence-electron chi connectivity index (χ4n) is 1.35. The van der Waals surface area contributed by atoms with E-state index in [4.69, 9.17) is 5.11 Å². The zero-order valence-electron chi connectivity index (χ0n) is 9.02. The van der Waals surface area contributed by atoms with E-state index in [1.165, 1.54) is 18.2 Å². The highest BCUT2D eigenvalue weighted by Crippen LogP contribution is 2.25. The van der Waals surface area contributed by atoms with Gasteiger partial charge in [-0.15, -0.1) is 0 Å². The third-order valence-corrected chi connectivity index (χ3v) is 2.85. The molecule has 0 aliphatic heterocycles. The summed E-state index contributed by atoms with van der Waals surface area (Å²) in [6, 6.07) is 8.71. The molecule has 0 spiro atoms. The third kappa shape index (κ3) is 2.84. The minimum atomic E-state index is -1.11. The Balaban J connectivity index is 2.31. The number of carboxylic acids is 1. The molecule has 2 rings (SSSR count). The first-order valence-corrected chi connectivity index (χ1v) is 5.78. The lowest BCUT2D eigenvalue weighted by Gasteiger charge is -2.08. The van der Waals surface area contributed by atoms with Gasteiger partial charge in [0.05, 0.1) is 5.69 Å². The summed E-state index contributed by atoms with van der Waals surface area (Å²) in [4.78, 5) is 14.7. The quantitative estimate of drug-likeness (QED) is 0.911. The Morgan fingerprint density at radius 1 is 1.33 bits per heavy atom. The van der Waals surface area contributed by atoms with Gasteiger partial charge in [0.25, 0.3) is 0 Å². The predicted molar refractivity (Wildman–Crippen MR) is 68.6 cm³/mol. The molecule has 0 unspecified atom stereocenters. The van der Waals surface area contributed by atoms with Gasteiger partial charge >= 0.3 is 5.97 Å². The molecule has 2 N–H and O–H groups in total. The Bertz CT molecular complexity index is 604. The van der Waals surface area contributed by atoms with Crippen LogP contribution in [0.2, 0.25) is 0 Å². The summed E-state index contributed by atoms with van der Waals surface area (Å²) in [5, 5.41) is 11.7. The average Bonchev–Trinajstić information content (AvgIpc) is 2.34. The van der Waals surface area contributed by atoms with E-state index < -0.39 is 11.8 Å². The maximum absolute atomic E-state index is 13.1. The summed E-state index contributed by atoms with van der Waals surface area (Å²) in [7, 11) is 0. The van der Waals surface area contributed by atoms with Gasteiger partial charge in [-0.05, 0) is 46.3 Å². The molecule has 1 aromatic heterocycles. The lowest BCUT2D eigenvalue weighted by atomic mass is 10.3. The Morgan fingerprint density at radius 3 is 2.83 bits per heavy atom. The second kappa shape index (κ2) is 5.14. The van der Waals surface area contributed by atoms with E-state index >= 15 is 0 Å². The highest BCUT2D eigenvalue weighted by molar-refractivity contribution is 9.10. The first-order chi connectivity index (χ1) is 8.56. The van der Waals surface area contributed by atoms with Crippen molar-refractivity contribution >= 4 is 33.4 Å². The first-order valence-electron chi connectivity index (χ1n) is 4.98. The average molecular weight is 311 g/mol. The van der Waals surface area contributed by atoms with Crippen molar-refractivity contribution in [1.82, 2.24) is 4.98 Å². The minimum Gasteiger partial charge on any atom is -0.477 e. The van der Waals surface area contributed by atoms with Crippen LogP contribution in [0.1, 0.15) is 10.5 Å². The first kappa shape index (κ1) is 12.5. The van der Waals surface area contributed by atoms with E-state index in [2.05, 4.69) is 26.2 Å². The van der Waals surface area contributed by atoms with Crippen molar-refractivity contribution in [3.63, 3.8) is 0 Å². The molecule has 18 heavy (non-hydrogen) atoms. The second-order valence-corrected chi connectivity index (χ2v) is 4.32. The number of hydrogen-bond acceptors (Lipinski definition) is 3. The number of aromatic nitrogens is 1. The summed E-state index contributed by atoms with van der Waals surface area (Å²) in [5.41, 5.74) is 0.401. The van der Waals surface area contributed by atoms with Crippen LogP contribution >= 0.6 is 15.9 Å². The molecule has 0 aliphatic carbocycles. The van der Waals surface area contributed by atoms with Crippen molar-refractivity contribution in [2.45, 2.75) is 0 Å². The van der Waals surface area contributed by atoms with E-state index in [0.717, 1.165) is 0 Å². The van der Waals surface area contributed by atoms with Crippen molar-refractivity contribution < 1.29 is 14.3 Å². The van der Waals surface area contributed by atoms with E-state index in [1.54, 1.807) is 18.2 Å². The van der Waals surface area contributed by atoms with E-state index in [9.17, 15) is 9.18 Å². The van der Waals surface area contributed by atoms with Gasteiger partial charge in [0.2, 0.25) is 0 Å². The van der Waals surface area contributed by atoms with Gasteiger partial charge in [-0.1, -0.05) is 6.07 Å². The van der Waals surface area contributed by atoms with Crippen LogP contribution in [0.4, 0.5) is 15.9 Å². The summed E-state index contributed by atoms with van der Waals surface area (Å²) in [6.45, 7) is 0. The SMILES string of the molecule is O=C(O)c1cccc(Nc2cc(F)ccc2Br)n1. The molecule has 0 aliphatic rings. The maximum Gasteiger partial charge on any atom is 0.354 e. The molecular formula is C12H8BrFN2O2. The molecule has 0 radical (unpaired) electrons. The lowest BCUT2D eigenvalue weighted by Crippen LogP contribution is -2.03. The molecule has 1 aromatic carbocycles. The van der Waals surface area contributed by atoms with Crippen molar-refractivity contribution in [2.24, 2.45) is 0 Å². The molecule has 0 saturated carbocycles. The van der Waals surface area contributed by atoms with E-state index in [0.29, 0.717) is 16.0 Å². The molecule has 6 heteroatoms. The molecule has 0 bridgehead atoms. The number of benzene rings is 1. The summed E-state index contributed by atoms with van der Waals surface area (Å²) < 4.78 is 13.7. The zero-order chi connectivity index (χ0) is 13.1. The van der Waals surface area contributed by atoms with Crippen molar-refractivity contribution in [1.29, 1.82) is 0 Å². The number of aromatic carboxylic acids is 1.